The van der Waals surface area contributed by atoms with Gasteiger partial charge in [-0.25, -0.2) is 14.2 Å². The van der Waals surface area contributed by atoms with Crippen LogP contribution in [0.5, 0.6) is 0 Å². The summed E-state index contributed by atoms with van der Waals surface area (Å²) >= 11 is 0. The van der Waals surface area contributed by atoms with Crippen molar-refractivity contribution >= 4 is 27.4 Å². The summed E-state index contributed by atoms with van der Waals surface area (Å²) in [4.78, 5) is 58.8. The number of carbonyl (C=O) groups is 2. The van der Waals surface area contributed by atoms with Gasteiger partial charge in [0, 0.05) is 17.8 Å². The molecule has 0 amide bonds. The Hall–Kier alpha value is -1.36. The number of hydrogen-bond donors (Lipinski definition) is 4. The third-order valence-corrected chi connectivity index (χ3v) is 5.39. The molecule has 1 unspecified atom stereocenters. The van der Waals surface area contributed by atoms with E-state index in [0.717, 1.165) is 0 Å². The Balaban J connectivity index is 4.51. The van der Waals surface area contributed by atoms with Gasteiger partial charge >= 0.3 is 27.4 Å². The highest BCUT2D eigenvalue weighted by Gasteiger charge is 2.35. The quantitative estimate of drug-likeness (QED) is 0.107. The summed E-state index contributed by atoms with van der Waals surface area (Å²) in [7, 11) is -9.90. The third kappa shape index (κ3) is 15.1. The van der Waals surface area contributed by atoms with Gasteiger partial charge in [0.1, 0.15) is 19.3 Å². The van der Waals surface area contributed by atoms with Gasteiger partial charge in [-0.15, -0.1) is 0 Å². The molecule has 12 nitrogen and oxygen atoms in total. The van der Waals surface area contributed by atoms with Crippen molar-refractivity contribution in [2.24, 2.45) is 0 Å². The molecule has 0 spiro atoms. The highest BCUT2D eigenvalue weighted by Crippen LogP contribution is 2.52. The number of unbranched alkanes of at least 4 members (excludes halogenated alkanes) is 2. The largest absolute Gasteiger partial charge is 0.470 e. The molecule has 1 atom stereocenters. The monoisotopic (exact) mass is 488 g/mol. The summed E-state index contributed by atoms with van der Waals surface area (Å²) in [6.45, 7) is 9.61. The first-order valence-electron chi connectivity index (χ1n) is 9.19. The van der Waals surface area contributed by atoms with E-state index in [1.54, 1.807) is 0 Å². The van der Waals surface area contributed by atoms with Gasteiger partial charge in [-0.3, -0.25) is 9.09 Å². The normalized spacial score (nSPS) is 13.0. The topological polar surface area (TPSA) is 186 Å². The average Bonchev–Trinajstić information content (AvgIpc) is 2.62. The maximum absolute atomic E-state index is 11.5. The first-order chi connectivity index (χ1) is 14.1. The summed E-state index contributed by atoms with van der Waals surface area (Å²) in [5.41, 5.74) is 0.379. The van der Waals surface area contributed by atoms with Crippen LogP contribution in [0.25, 0.3) is 0 Å². The average molecular weight is 488 g/mol. The Morgan fingerprint density at radius 1 is 0.871 bits per heavy atom. The maximum Gasteiger partial charge on any atom is 0.470 e. The van der Waals surface area contributed by atoms with Crippen LogP contribution < -0.4 is 0 Å². The number of rotatable bonds is 16. The van der Waals surface area contributed by atoms with Gasteiger partial charge in [-0.1, -0.05) is 26.0 Å². The number of carbonyl (C=O) groups excluding carboxylic acids is 2. The molecule has 0 aliphatic carbocycles. The van der Waals surface area contributed by atoms with Gasteiger partial charge < -0.3 is 33.8 Å². The minimum Gasteiger partial charge on any atom is -0.459 e. The van der Waals surface area contributed by atoms with Gasteiger partial charge in [0.15, 0.2) is 5.85 Å². The van der Waals surface area contributed by atoms with Crippen LogP contribution in [0.3, 0.4) is 0 Å². The Bertz CT molecular complexity index is 693. The van der Waals surface area contributed by atoms with E-state index in [4.69, 9.17) is 33.8 Å². The summed E-state index contributed by atoms with van der Waals surface area (Å²) in [5, 5.41) is 0. The number of esters is 2. The molecule has 0 radical (unpaired) electrons. The number of hydrogen-bond acceptors (Lipinski definition) is 8. The molecule has 0 rings (SSSR count). The first-order valence-corrected chi connectivity index (χ1v) is 12.4. The molecule has 0 bridgehead atoms. The van der Waals surface area contributed by atoms with E-state index in [1.165, 1.54) is 13.8 Å². The summed E-state index contributed by atoms with van der Waals surface area (Å²) in [6, 6.07) is 0. The Kier molecular flexibility index (Phi) is 13.3. The van der Waals surface area contributed by atoms with Gasteiger partial charge in [0.2, 0.25) is 0 Å². The van der Waals surface area contributed by atoms with Crippen LogP contribution in [0.4, 0.5) is 0 Å². The standard InChI is InChI=1S/C17H30O12P2/c1-12(2)16(18)27-10-14(11-28-17(19)13(3)4)26-9-7-5-6-8-15(30(20,21)22)29-31(23,24)25/h14-15H,1,3,5-11H2,2,4H3,(H2,20,21,22)(H2,23,24,25). The molecule has 31 heavy (non-hydrogen) atoms. The predicted octanol–water partition coefficient (Wildman–Crippen LogP) is 1.78. The number of ether oxygens (including phenoxy) is 3. The van der Waals surface area contributed by atoms with Crippen LogP contribution in [-0.2, 0) is 37.5 Å². The highest BCUT2D eigenvalue weighted by molar-refractivity contribution is 7.53. The van der Waals surface area contributed by atoms with Crippen molar-refractivity contribution in [3.8, 4) is 0 Å². The lowest BCUT2D eigenvalue weighted by Crippen LogP contribution is -2.29. The molecule has 180 valence electrons. The fourth-order valence-corrected chi connectivity index (χ4v) is 3.82. The second-order valence-corrected chi connectivity index (χ2v) is 9.69. The Labute approximate surface area is 180 Å². The van der Waals surface area contributed by atoms with E-state index >= 15 is 0 Å². The highest BCUT2D eigenvalue weighted by atomic mass is 31.2. The lowest BCUT2D eigenvalue weighted by molar-refractivity contribution is -0.150. The van der Waals surface area contributed by atoms with Crippen LogP contribution in [0.1, 0.15) is 39.5 Å². The van der Waals surface area contributed by atoms with E-state index in [2.05, 4.69) is 17.7 Å². The SMILES string of the molecule is C=C(C)C(=O)OCC(COC(=O)C(=C)C)OCCCCCC(OP(=O)(O)O)P(=O)(O)O. The molecule has 0 saturated heterocycles. The third-order valence-electron chi connectivity index (χ3n) is 3.58. The number of phosphoric acid groups is 1. The molecule has 0 heterocycles. The lowest BCUT2D eigenvalue weighted by atomic mass is 10.2. The van der Waals surface area contributed by atoms with Crippen molar-refractivity contribution in [3.63, 3.8) is 0 Å². The smallest absolute Gasteiger partial charge is 0.459 e. The maximum atomic E-state index is 11.5. The van der Waals surface area contributed by atoms with Crippen molar-refractivity contribution in [1.29, 1.82) is 0 Å². The van der Waals surface area contributed by atoms with E-state index < -0.39 is 39.3 Å². The molecule has 0 saturated carbocycles. The molecule has 4 N–H and O–H groups in total. The fraction of sp³-hybridized carbons (Fsp3) is 0.647. The van der Waals surface area contributed by atoms with Gasteiger partial charge in [0.25, 0.3) is 0 Å². The van der Waals surface area contributed by atoms with Crippen molar-refractivity contribution in [2.45, 2.75) is 51.5 Å². The summed E-state index contributed by atoms with van der Waals surface area (Å²) in [5.74, 6) is -3.17. The zero-order valence-electron chi connectivity index (χ0n) is 17.5. The zero-order chi connectivity index (χ0) is 24.2. The zero-order valence-corrected chi connectivity index (χ0v) is 19.3. The molecule has 0 aliphatic heterocycles. The summed E-state index contributed by atoms with van der Waals surface area (Å²) in [6.07, 6.45) is -0.0364. The van der Waals surface area contributed by atoms with E-state index in [9.17, 15) is 18.7 Å². The van der Waals surface area contributed by atoms with Gasteiger partial charge in [-0.2, -0.15) is 0 Å². The predicted molar refractivity (Wildman–Crippen MR) is 109 cm³/mol. The second-order valence-electron chi connectivity index (χ2n) is 6.74. The summed E-state index contributed by atoms with van der Waals surface area (Å²) < 4.78 is 41.8. The molecule has 0 fully saturated rings. The minimum atomic E-state index is -5.05. The van der Waals surface area contributed by atoms with Crippen LogP contribution in [0.2, 0.25) is 0 Å². The second kappa shape index (κ2) is 13.9. The lowest BCUT2D eigenvalue weighted by Gasteiger charge is -2.20. The van der Waals surface area contributed by atoms with Crippen LogP contribution in [0, 0.1) is 0 Å². The molecule has 0 aliphatic rings. The molecule has 0 aromatic rings. The van der Waals surface area contributed by atoms with Crippen LogP contribution >= 0.6 is 15.4 Å². The van der Waals surface area contributed by atoms with E-state index in [-0.39, 0.29) is 43.8 Å². The molecule has 14 heteroatoms. The van der Waals surface area contributed by atoms with E-state index in [1.807, 2.05) is 0 Å². The van der Waals surface area contributed by atoms with Crippen molar-refractivity contribution in [3.05, 3.63) is 24.3 Å². The van der Waals surface area contributed by atoms with Crippen LogP contribution in [-0.4, -0.2) is 63.3 Å². The van der Waals surface area contributed by atoms with Gasteiger partial charge in [0.05, 0.1) is 0 Å². The fourth-order valence-electron chi connectivity index (χ4n) is 2.02. The molecular weight excluding hydrogens is 458 g/mol. The minimum absolute atomic E-state index is 0.139. The molecular formula is C17H30O12P2. The van der Waals surface area contributed by atoms with Crippen molar-refractivity contribution in [1.82, 2.24) is 0 Å². The molecule has 0 aromatic carbocycles. The van der Waals surface area contributed by atoms with E-state index in [0.29, 0.717) is 12.8 Å². The van der Waals surface area contributed by atoms with Crippen LogP contribution in [0.15, 0.2) is 24.3 Å². The van der Waals surface area contributed by atoms with Gasteiger partial charge in [-0.05, 0) is 26.7 Å². The Morgan fingerprint density at radius 2 is 1.35 bits per heavy atom. The Morgan fingerprint density at radius 3 is 1.74 bits per heavy atom. The van der Waals surface area contributed by atoms with Crippen molar-refractivity contribution in [2.75, 3.05) is 19.8 Å². The van der Waals surface area contributed by atoms with Crippen molar-refractivity contribution < 1.29 is 57.0 Å². The number of phosphoric ester groups is 1. The first kappa shape index (κ1) is 29.6. The molecule has 0 aromatic heterocycles.